The maximum Gasteiger partial charge on any atom is 0.472 e. The monoisotopic (exact) mass is 1280 g/mol. The number of rotatable bonds is 65. The molecule has 0 aliphatic rings. The first-order valence-electron chi connectivity index (χ1n) is 35.2. The van der Waals surface area contributed by atoms with E-state index in [2.05, 4.69) is 55.4 Å². The van der Waals surface area contributed by atoms with Crippen molar-refractivity contribution in [3.05, 3.63) is 0 Å². The van der Waals surface area contributed by atoms with Crippen LogP contribution < -0.4 is 0 Å². The molecule has 0 aromatic carbocycles. The molecule has 3 N–H and O–H groups in total. The molecule has 0 saturated heterocycles. The molecule has 0 rings (SSSR count). The predicted molar refractivity (Wildman–Crippen MR) is 349 cm³/mol. The summed E-state index contributed by atoms with van der Waals surface area (Å²) in [6.07, 6.45) is 39.1. The maximum atomic E-state index is 13.0. The third-order valence-electron chi connectivity index (χ3n) is 15.9. The Morgan fingerprint density at radius 1 is 0.322 bits per heavy atom. The zero-order valence-electron chi connectivity index (χ0n) is 56.6. The van der Waals surface area contributed by atoms with Gasteiger partial charge in [0.25, 0.3) is 0 Å². The van der Waals surface area contributed by atoms with E-state index in [-0.39, 0.29) is 25.7 Å². The fourth-order valence-electron chi connectivity index (χ4n) is 10.1. The van der Waals surface area contributed by atoms with Crippen LogP contribution in [0.3, 0.4) is 0 Å². The maximum absolute atomic E-state index is 13.0. The third-order valence-corrected chi connectivity index (χ3v) is 17.8. The number of hydrogen-bond donors (Lipinski definition) is 3. The minimum Gasteiger partial charge on any atom is -0.462 e. The van der Waals surface area contributed by atoms with Crippen molar-refractivity contribution < 1.29 is 80.2 Å². The molecule has 0 aliphatic carbocycles. The minimum absolute atomic E-state index is 0.102. The molecule has 0 spiro atoms. The molecule has 4 unspecified atom stereocenters. The van der Waals surface area contributed by atoms with Crippen molar-refractivity contribution in [3.8, 4) is 0 Å². The van der Waals surface area contributed by atoms with Crippen LogP contribution in [-0.4, -0.2) is 96.7 Å². The summed E-state index contributed by atoms with van der Waals surface area (Å²) in [4.78, 5) is 72.4. The van der Waals surface area contributed by atoms with E-state index in [1.165, 1.54) is 128 Å². The normalized spacial score (nSPS) is 14.6. The third kappa shape index (κ3) is 61.3. The van der Waals surface area contributed by atoms with Gasteiger partial charge in [-0.2, -0.15) is 0 Å². The van der Waals surface area contributed by atoms with Gasteiger partial charge in [-0.3, -0.25) is 37.3 Å². The molecule has 19 heteroatoms. The molecule has 17 nitrogen and oxygen atoms in total. The van der Waals surface area contributed by atoms with Gasteiger partial charge < -0.3 is 33.8 Å². The molecule has 0 bridgehead atoms. The molecule has 0 fully saturated rings. The molecule has 516 valence electrons. The topological polar surface area (TPSA) is 237 Å². The van der Waals surface area contributed by atoms with E-state index >= 15 is 0 Å². The Balaban J connectivity index is 5.23. The summed E-state index contributed by atoms with van der Waals surface area (Å²) in [6.45, 7) is 14.0. The second kappa shape index (κ2) is 57.9. The SMILES string of the molecule is CCC(C)CCCCCCCCC(=O)O[C@H](COC(=O)CCCCCCCCCCCCCCC(C)C)COP(=O)(O)OCC(O)COP(=O)(O)OC[C@@H](COC(=O)CCCCCCCCCC(C)C)OC(=O)CCCCCCCCCCCC(C)C. The second-order valence-electron chi connectivity index (χ2n) is 26.2. The van der Waals surface area contributed by atoms with Gasteiger partial charge in [0.1, 0.15) is 19.3 Å². The molecule has 0 saturated carbocycles. The Kier molecular flexibility index (Phi) is 56.6. The molecule has 0 aliphatic heterocycles. The van der Waals surface area contributed by atoms with Crippen LogP contribution in [0.4, 0.5) is 0 Å². The van der Waals surface area contributed by atoms with Crippen LogP contribution in [0.5, 0.6) is 0 Å². The zero-order chi connectivity index (χ0) is 64.7. The van der Waals surface area contributed by atoms with Crippen LogP contribution in [0.2, 0.25) is 0 Å². The lowest BCUT2D eigenvalue weighted by Crippen LogP contribution is -2.30. The van der Waals surface area contributed by atoms with E-state index in [9.17, 15) is 43.2 Å². The second-order valence-corrected chi connectivity index (χ2v) is 29.1. The first kappa shape index (κ1) is 85.1. The molecule has 0 radical (unpaired) electrons. The number of aliphatic hydroxyl groups excluding tert-OH is 1. The van der Waals surface area contributed by atoms with E-state index < -0.39 is 97.5 Å². The van der Waals surface area contributed by atoms with Crippen LogP contribution in [0.1, 0.15) is 331 Å². The van der Waals surface area contributed by atoms with Crippen molar-refractivity contribution in [1.82, 2.24) is 0 Å². The zero-order valence-corrected chi connectivity index (χ0v) is 58.4. The number of unbranched alkanes of at least 4 members (excludes halogenated alkanes) is 30. The van der Waals surface area contributed by atoms with E-state index in [4.69, 9.17) is 37.0 Å². The van der Waals surface area contributed by atoms with Gasteiger partial charge in [0.2, 0.25) is 0 Å². The Morgan fingerprint density at radius 3 is 0.816 bits per heavy atom. The lowest BCUT2D eigenvalue weighted by Gasteiger charge is -2.21. The van der Waals surface area contributed by atoms with E-state index in [0.717, 1.165) is 114 Å². The summed E-state index contributed by atoms with van der Waals surface area (Å²) in [5.41, 5.74) is 0. The highest BCUT2D eigenvalue weighted by Gasteiger charge is 2.30. The lowest BCUT2D eigenvalue weighted by atomic mass is 10.00. The van der Waals surface area contributed by atoms with Crippen molar-refractivity contribution in [1.29, 1.82) is 0 Å². The van der Waals surface area contributed by atoms with Crippen LogP contribution in [0.25, 0.3) is 0 Å². The number of aliphatic hydroxyl groups is 1. The fraction of sp³-hybridized carbons (Fsp3) is 0.941. The Bertz CT molecular complexity index is 1730. The van der Waals surface area contributed by atoms with Crippen molar-refractivity contribution in [3.63, 3.8) is 0 Å². The van der Waals surface area contributed by atoms with Crippen LogP contribution in [0, 0.1) is 23.7 Å². The van der Waals surface area contributed by atoms with Gasteiger partial charge in [-0.25, -0.2) is 9.13 Å². The standard InChI is InChI=1S/C68H132O17P2/c1-9-61(8)47-39-31-26-27-35-43-51-68(73)85-64(55-78-65(70)48-40-32-23-17-13-11-10-12-15-20-28-36-44-58(2)3)57-83-87(76,77)81-53-62(69)52-80-86(74,75)82-56-63(54-79-66(71)49-41-33-25-19-22-30-38-46-60(6)7)84-67(72)50-42-34-24-18-14-16-21-29-37-45-59(4)5/h58-64,69H,9-57H2,1-8H3,(H,74,75)(H,76,77)/t61?,62?,63-,64-/m1/s1. The Labute approximate surface area is 530 Å². The number of phosphoric ester groups is 2. The van der Waals surface area contributed by atoms with Gasteiger partial charge in [0, 0.05) is 25.7 Å². The number of carbonyl (C=O) groups excluding carboxylic acids is 4. The highest BCUT2D eigenvalue weighted by atomic mass is 31.2. The number of carbonyl (C=O) groups is 4. The number of hydrogen-bond acceptors (Lipinski definition) is 15. The van der Waals surface area contributed by atoms with Gasteiger partial charge >= 0.3 is 39.5 Å². The quantitative estimate of drug-likeness (QED) is 0.0222. The van der Waals surface area contributed by atoms with Crippen molar-refractivity contribution in [2.45, 2.75) is 350 Å². The predicted octanol–water partition coefficient (Wildman–Crippen LogP) is 18.9. The largest absolute Gasteiger partial charge is 0.472 e. The van der Waals surface area contributed by atoms with Crippen LogP contribution in [-0.2, 0) is 65.4 Å². The van der Waals surface area contributed by atoms with Gasteiger partial charge in [-0.05, 0) is 49.4 Å². The average Bonchev–Trinajstić information content (AvgIpc) is 3.62. The first-order chi connectivity index (χ1) is 41.6. The average molecular weight is 1280 g/mol. The minimum atomic E-state index is -4.95. The molecular weight excluding hydrogens is 1150 g/mol. The highest BCUT2D eigenvalue weighted by Crippen LogP contribution is 2.45. The molecule has 0 aromatic rings. The molecule has 87 heavy (non-hydrogen) atoms. The van der Waals surface area contributed by atoms with Gasteiger partial charge in [0.05, 0.1) is 26.4 Å². The van der Waals surface area contributed by atoms with Crippen molar-refractivity contribution in [2.24, 2.45) is 23.7 Å². The van der Waals surface area contributed by atoms with Crippen LogP contribution in [0.15, 0.2) is 0 Å². The first-order valence-corrected chi connectivity index (χ1v) is 38.2. The number of esters is 4. The highest BCUT2D eigenvalue weighted by molar-refractivity contribution is 7.47. The van der Waals surface area contributed by atoms with E-state index in [1.54, 1.807) is 0 Å². The van der Waals surface area contributed by atoms with E-state index in [1.807, 2.05) is 0 Å². The van der Waals surface area contributed by atoms with Crippen LogP contribution >= 0.6 is 15.6 Å². The Hall–Kier alpha value is -1.94. The summed E-state index contributed by atoms with van der Waals surface area (Å²) < 4.78 is 68.2. The summed E-state index contributed by atoms with van der Waals surface area (Å²) >= 11 is 0. The van der Waals surface area contributed by atoms with Gasteiger partial charge in [0.15, 0.2) is 12.2 Å². The molecular formula is C68H132O17P2. The van der Waals surface area contributed by atoms with Crippen molar-refractivity contribution >= 4 is 39.5 Å². The fourth-order valence-corrected chi connectivity index (χ4v) is 11.7. The summed E-state index contributed by atoms with van der Waals surface area (Å²) in [6, 6.07) is 0. The molecule has 0 amide bonds. The van der Waals surface area contributed by atoms with E-state index in [0.29, 0.717) is 31.6 Å². The van der Waals surface area contributed by atoms with Crippen molar-refractivity contribution in [2.75, 3.05) is 39.6 Å². The summed E-state index contributed by atoms with van der Waals surface area (Å²) in [7, 11) is -9.90. The Morgan fingerprint density at radius 2 is 0.552 bits per heavy atom. The molecule has 6 atom stereocenters. The van der Waals surface area contributed by atoms with Gasteiger partial charge in [-0.15, -0.1) is 0 Å². The lowest BCUT2D eigenvalue weighted by molar-refractivity contribution is -0.161. The van der Waals surface area contributed by atoms with Gasteiger partial charge in [-0.1, -0.05) is 280 Å². The summed E-state index contributed by atoms with van der Waals surface area (Å²) in [5, 5.41) is 10.6. The molecule has 0 aromatic heterocycles. The molecule has 0 heterocycles. The number of ether oxygens (including phenoxy) is 4. The smallest absolute Gasteiger partial charge is 0.462 e. The summed E-state index contributed by atoms with van der Waals surface area (Å²) in [5.74, 6) is 0.808. The number of phosphoric acid groups is 2.